The summed E-state index contributed by atoms with van der Waals surface area (Å²) >= 11 is 0. The van der Waals surface area contributed by atoms with Gasteiger partial charge in [0.1, 0.15) is 5.82 Å². The van der Waals surface area contributed by atoms with Crippen LogP contribution < -0.4 is 10.6 Å². The number of rotatable bonds is 4. The van der Waals surface area contributed by atoms with Gasteiger partial charge in [0, 0.05) is 6.54 Å². The standard InChI is InChI=1S/C13H15FN2O2/c1-3-8-15-12(17)13(18)16-9(2)10-4-6-11(14)7-5-10/h3-7,9H,1,8H2,2H3,(H,15,17)(H,16,18). The minimum atomic E-state index is -0.728. The Bertz CT molecular complexity index is 443. The molecule has 0 aromatic heterocycles. The van der Waals surface area contributed by atoms with Crippen LogP contribution in [0.25, 0.3) is 0 Å². The van der Waals surface area contributed by atoms with Gasteiger partial charge in [0.25, 0.3) is 0 Å². The van der Waals surface area contributed by atoms with Crippen molar-refractivity contribution in [1.29, 1.82) is 0 Å². The lowest BCUT2D eigenvalue weighted by Gasteiger charge is -2.13. The summed E-state index contributed by atoms with van der Waals surface area (Å²) in [6.07, 6.45) is 1.48. The average molecular weight is 250 g/mol. The maximum Gasteiger partial charge on any atom is 0.309 e. The Balaban J connectivity index is 2.56. The molecule has 1 unspecified atom stereocenters. The van der Waals surface area contributed by atoms with Crippen molar-refractivity contribution in [2.45, 2.75) is 13.0 Å². The van der Waals surface area contributed by atoms with E-state index in [0.717, 1.165) is 5.56 Å². The van der Waals surface area contributed by atoms with Crippen LogP contribution in [-0.2, 0) is 9.59 Å². The highest BCUT2D eigenvalue weighted by Crippen LogP contribution is 2.12. The van der Waals surface area contributed by atoms with Crippen molar-refractivity contribution in [3.05, 3.63) is 48.3 Å². The van der Waals surface area contributed by atoms with Gasteiger partial charge in [-0.2, -0.15) is 0 Å². The third kappa shape index (κ3) is 4.01. The molecule has 0 bridgehead atoms. The van der Waals surface area contributed by atoms with Gasteiger partial charge in [0.05, 0.1) is 6.04 Å². The summed E-state index contributed by atoms with van der Waals surface area (Å²) in [7, 11) is 0. The van der Waals surface area contributed by atoms with Crippen molar-refractivity contribution in [1.82, 2.24) is 10.6 Å². The Morgan fingerprint density at radius 2 is 1.94 bits per heavy atom. The van der Waals surface area contributed by atoms with Crippen molar-refractivity contribution in [2.24, 2.45) is 0 Å². The molecule has 0 heterocycles. The van der Waals surface area contributed by atoms with Crippen molar-refractivity contribution in [2.75, 3.05) is 6.54 Å². The molecule has 0 aliphatic rings. The Labute approximate surface area is 105 Å². The largest absolute Gasteiger partial charge is 0.344 e. The van der Waals surface area contributed by atoms with Crippen molar-refractivity contribution in [3.63, 3.8) is 0 Å². The van der Waals surface area contributed by atoms with Crippen LogP contribution >= 0.6 is 0 Å². The summed E-state index contributed by atoms with van der Waals surface area (Å²) in [6.45, 7) is 5.37. The predicted octanol–water partition coefficient (Wildman–Crippen LogP) is 1.31. The number of carbonyl (C=O) groups excluding carboxylic acids is 2. The summed E-state index contributed by atoms with van der Waals surface area (Å²) in [5.41, 5.74) is 0.723. The van der Waals surface area contributed by atoms with Crippen LogP contribution in [0.5, 0.6) is 0 Å². The Morgan fingerprint density at radius 3 is 2.50 bits per heavy atom. The second kappa shape index (κ2) is 6.54. The smallest absolute Gasteiger partial charge is 0.309 e. The molecule has 4 nitrogen and oxygen atoms in total. The molecule has 0 spiro atoms. The third-order valence-corrected chi connectivity index (χ3v) is 2.33. The molecule has 1 aromatic rings. The summed E-state index contributed by atoms with van der Waals surface area (Å²) < 4.78 is 12.7. The molecule has 2 amide bonds. The molecule has 0 aliphatic heterocycles. The third-order valence-electron chi connectivity index (χ3n) is 2.33. The summed E-state index contributed by atoms with van der Waals surface area (Å²) in [4.78, 5) is 22.8. The van der Waals surface area contributed by atoms with E-state index in [-0.39, 0.29) is 18.4 Å². The number of hydrogen-bond acceptors (Lipinski definition) is 2. The van der Waals surface area contributed by atoms with Crippen LogP contribution in [0.15, 0.2) is 36.9 Å². The first-order valence-corrected chi connectivity index (χ1v) is 5.49. The Hall–Kier alpha value is -2.17. The first-order chi connectivity index (χ1) is 8.54. The molecule has 2 N–H and O–H groups in total. The van der Waals surface area contributed by atoms with E-state index >= 15 is 0 Å². The molecule has 18 heavy (non-hydrogen) atoms. The molecule has 0 fully saturated rings. The minimum absolute atomic E-state index is 0.233. The Kier molecular flexibility index (Phi) is 5.05. The lowest BCUT2D eigenvalue weighted by molar-refractivity contribution is -0.139. The van der Waals surface area contributed by atoms with E-state index in [9.17, 15) is 14.0 Å². The lowest BCUT2D eigenvalue weighted by atomic mass is 10.1. The number of carbonyl (C=O) groups is 2. The van der Waals surface area contributed by atoms with E-state index in [1.165, 1.54) is 18.2 Å². The maximum absolute atomic E-state index is 12.7. The predicted molar refractivity (Wildman–Crippen MR) is 66.2 cm³/mol. The van der Waals surface area contributed by atoms with E-state index in [2.05, 4.69) is 17.2 Å². The molecule has 1 atom stereocenters. The van der Waals surface area contributed by atoms with Crippen LogP contribution in [0.2, 0.25) is 0 Å². The van der Waals surface area contributed by atoms with Gasteiger partial charge < -0.3 is 10.6 Å². The number of amides is 2. The van der Waals surface area contributed by atoms with Crippen LogP contribution in [0.4, 0.5) is 4.39 Å². The van der Waals surface area contributed by atoms with Crippen molar-refractivity contribution >= 4 is 11.8 Å². The van der Waals surface area contributed by atoms with E-state index in [1.54, 1.807) is 19.1 Å². The van der Waals surface area contributed by atoms with E-state index < -0.39 is 11.8 Å². The topological polar surface area (TPSA) is 58.2 Å². The summed E-state index contributed by atoms with van der Waals surface area (Å²) in [6, 6.07) is 5.35. The zero-order chi connectivity index (χ0) is 13.5. The summed E-state index contributed by atoms with van der Waals surface area (Å²) in [5.74, 6) is -1.79. The zero-order valence-corrected chi connectivity index (χ0v) is 10.1. The molecule has 96 valence electrons. The fourth-order valence-corrected chi connectivity index (χ4v) is 1.34. The fourth-order valence-electron chi connectivity index (χ4n) is 1.34. The van der Waals surface area contributed by atoms with Gasteiger partial charge in [-0.05, 0) is 24.6 Å². The van der Waals surface area contributed by atoms with Crippen molar-refractivity contribution < 1.29 is 14.0 Å². The highest BCUT2D eigenvalue weighted by molar-refractivity contribution is 6.35. The lowest BCUT2D eigenvalue weighted by Crippen LogP contribution is -2.40. The van der Waals surface area contributed by atoms with E-state index in [1.807, 2.05) is 0 Å². The number of benzene rings is 1. The Morgan fingerprint density at radius 1 is 1.33 bits per heavy atom. The normalized spacial score (nSPS) is 11.4. The number of nitrogens with one attached hydrogen (secondary N) is 2. The van der Waals surface area contributed by atoms with E-state index in [4.69, 9.17) is 0 Å². The first kappa shape index (κ1) is 13.9. The van der Waals surface area contributed by atoms with Gasteiger partial charge in [0.2, 0.25) is 0 Å². The quantitative estimate of drug-likeness (QED) is 0.625. The minimum Gasteiger partial charge on any atom is -0.344 e. The van der Waals surface area contributed by atoms with Gasteiger partial charge in [-0.25, -0.2) is 4.39 Å². The van der Waals surface area contributed by atoms with Crippen LogP contribution in [-0.4, -0.2) is 18.4 Å². The molecular formula is C13H15FN2O2. The first-order valence-electron chi connectivity index (χ1n) is 5.49. The molecular weight excluding hydrogens is 235 g/mol. The average Bonchev–Trinajstić information content (AvgIpc) is 2.36. The monoisotopic (exact) mass is 250 g/mol. The van der Waals surface area contributed by atoms with Crippen molar-refractivity contribution in [3.8, 4) is 0 Å². The second-order valence-corrected chi connectivity index (χ2v) is 3.75. The SMILES string of the molecule is C=CCNC(=O)C(=O)NC(C)c1ccc(F)cc1. The molecule has 0 saturated carbocycles. The summed E-state index contributed by atoms with van der Waals surface area (Å²) in [5, 5.41) is 4.89. The molecule has 0 aliphatic carbocycles. The molecule has 0 radical (unpaired) electrons. The zero-order valence-electron chi connectivity index (χ0n) is 10.1. The second-order valence-electron chi connectivity index (χ2n) is 3.75. The van der Waals surface area contributed by atoms with E-state index in [0.29, 0.717) is 0 Å². The van der Waals surface area contributed by atoms with Gasteiger partial charge in [-0.15, -0.1) is 6.58 Å². The van der Waals surface area contributed by atoms with Gasteiger partial charge in [-0.3, -0.25) is 9.59 Å². The maximum atomic E-state index is 12.7. The van der Waals surface area contributed by atoms with Gasteiger partial charge >= 0.3 is 11.8 Å². The van der Waals surface area contributed by atoms with Gasteiger partial charge in [0.15, 0.2) is 0 Å². The number of halogens is 1. The molecule has 1 rings (SSSR count). The molecule has 1 aromatic carbocycles. The highest BCUT2D eigenvalue weighted by Gasteiger charge is 2.15. The van der Waals surface area contributed by atoms with Crippen LogP contribution in [0.1, 0.15) is 18.5 Å². The van der Waals surface area contributed by atoms with Crippen LogP contribution in [0, 0.1) is 5.82 Å². The molecule has 0 saturated heterocycles. The van der Waals surface area contributed by atoms with Gasteiger partial charge in [-0.1, -0.05) is 18.2 Å². The number of hydrogen-bond donors (Lipinski definition) is 2. The fraction of sp³-hybridized carbons (Fsp3) is 0.231. The molecule has 5 heteroatoms. The highest BCUT2D eigenvalue weighted by atomic mass is 19.1. The van der Waals surface area contributed by atoms with Crippen LogP contribution in [0.3, 0.4) is 0 Å².